The molecule has 13 heavy (non-hydrogen) atoms. The van der Waals surface area contributed by atoms with Gasteiger partial charge in [-0.05, 0) is 36.6 Å². The number of hydrogen-bond donors (Lipinski definition) is 1. The Hall–Kier alpha value is -1.27. The predicted octanol–water partition coefficient (Wildman–Crippen LogP) is 2.33. The van der Waals surface area contributed by atoms with Crippen LogP contribution in [0.4, 0.5) is 5.69 Å². The highest BCUT2D eigenvalue weighted by Gasteiger charge is 1.99. The summed E-state index contributed by atoms with van der Waals surface area (Å²) in [5.74, 6) is 1.56. The van der Waals surface area contributed by atoms with Crippen molar-refractivity contribution >= 4 is 27.5 Å². The fourth-order valence-corrected chi connectivity index (χ4v) is 1.14. The lowest BCUT2D eigenvalue weighted by atomic mass is 10.2. The second kappa shape index (κ2) is 4.11. The zero-order valence-corrected chi connectivity index (χ0v) is 8.68. The molecule has 1 amide bonds. The number of halogens is 1. The molecule has 0 aliphatic carbocycles. The van der Waals surface area contributed by atoms with E-state index in [1.807, 2.05) is 25.0 Å². The molecule has 0 radical (unpaired) electrons. The SMILES string of the molecule is C#CC(=O)Nc1ccc(Br)c(C)c1. The molecule has 0 aliphatic rings. The second-order valence-corrected chi connectivity index (χ2v) is 3.42. The van der Waals surface area contributed by atoms with Gasteiger partial charge in [0.1, 0.15) is 0 Å². The maximum atomic E-state index is 10.8. The van der Waals surface area contributed by atoms with Gasteiger partial charge in [-0.2, -0.15) is 0 Å². The van der Waals surface area contributed by atoms with E-state index in [1.165, 1.54) is 0 Å². The first kappa shape index (κ1) is 9.82. The van der Waals surface area contributed by atoms with Gasteiger partial charge >= 0.3 is 0 Å². The van der Waals surface area contributed by atoms with Crippen molar-refractivity contribution in [3.05, 3.63) is 28.2 Å². The van der Waals surface area contributed by atoms with Crippen molar-refractivity contribution in [1.29, 1.82) is 0 Å². The lowest BCUT2D eigenvalue weighted by Gasteiger charge is -2.03. The molecule has 66 valence electrons. The van der Waals surface area contributed by atoms with Crippen molar-refractivity contribution in [2.24, 2.45) is 0 Å². The maximum absolute atomic E-state index is 10.8. The van der Waals surface area contributed by atoms with Crippen LogP contribution in [0.15, 0.2) is 22.7 Å². The van der Waals surface area contributed by atoms with Gasteiger partial charge in [0.25, 0.3) is 5.91 Å². The van der Waals surface area contributed by atoms with E-state index < -0.39 is 5.91 Å². The van der Waals surface area contributed by atoms with E-state index in [1.54, 1.807) is 6.07 Å². The number of benzene rings is 1. The number of carbonyl (C=O) groups excluding carboxylic acids is 1. The summed E-state index contributed by atoms with van der Waals surface area (Å²) in [5, 5.41) is 2.56. The monoisotopic (exact) mass is 237 g/mol. The normalized spacial score (nSPS) is 9.00. The first-order valence-corrected chi connectivity index (χ1v) is 4.46. The van der Waals surface area contributed by atoms with Crippen LogP contribution in [0.25, 0.3) is 0 Å². The van der Waals surface area contributed by atoms with E-state index in [4.69, 9.17) is 6.42 Å². The Morgan fingerprint density at radius 1 is 1.62 bits per heavy atom. The van der Waals surface area contributed by atoms with Crippen LogP contribution in [0.2, 0.25) is 0 Å². The minimum absolute atomic E-state index is 0.429. The Morgan fingerprint density at radius 2 is 2.31 bits per heavy atom. The Morgan fingerprint density at radius 3 is 2.85 bits per heavy atom. The van der Waals surface area contributed by atoms with Gasteiger partial charge in [0, 0.05) is 10.2 Å². The van der Waals surface area contributed by atoms with Crippen molar-refractivity contribution in [3.63, 3.8) is 0 Å². The third-order valence-corrected chi connectivity index (χ3v) is 2.44. The standard InChI is InChI=1S/C10H8BrNO/c1-3-10(13)12-8-4-5-9(11)7(2)6-8/h1,4-6H,2H3,(H,12,13). The maximum Gasteiger partial charge on any atom is 0.300 e. The largest absolute Gasteiger partial charge is 0.315 e. The minimum Gasteiger partial charge on any atom is -0.315 e. The molecule has 1 N–H and O–H groups in total. The van der Waals surface area contributed by atoms with E-state index in [2.05, 4.69) is 21.2 Å². The van der Waals surface area contributed by atoms with E-state index in [9.17, 15) is 4.79 Å². The molecule has 1 rings (SSSR count). The minimum atomic E-state index is -0.429. The Balaban J connectivity index is 2.87. The van der Waals surface area contributed by atoms with E-state index >= 15 is 0 Å². The third kappa shape index (κ3) is 2.60. The Kier molecular flexibility index (Phi) is 3.10. The number of carbonyl (C=O) groups is 1. The molecule has 0 heterocycles. The number of amides is 1. The fourth-order valence-electron chi connectivity index (χ4n) is 0.890. The summed E-state index contributed by atoms with van der Waals surface area (Å²) in [5.41, 5.74) is 1.76. The summed E-state index contributed by atoms with van der Waals surface area (Å²) in [6.07, 6.45) is 4.92. The molecule has 0 aliphatic heterocycles. The van der Waals surface area contributed by atoms with Crippen LogP contribution >= 0.6 is 15.9 Å². The molecule has 1 aromatic rings. The topological polar surface area (TPSA) is 29.1 Å². The van der Waals surface area contributed by atoms with E-state index in [0.717, 1.165) is 10.0 Å². The van der Waals surface area contributed by atoms with Gasteiger partial charge in [-0.1, -0.05) is 15.9 Å². The predicted molar refractivity (Wildman–Crippen MR) is 56.3 cm³/mol. The lowest BCUT2D eigenvalue weighted by Crippen LogP contribution is -2.07. The molecule has 0 bridgehead atoms. The van der Waals surface area contributed by atoms with Crippen molar-refractivity contribution in [2.45, 2.75) is 6.92 Å². The molecular formula is C10H8BrNO. The number of nitrogens with one attached hydrogen (secondary N) is 1. The fraction of sp³-hybridized carbons (Fsp3) is 0.100. The summed E-state index contributed by atoms with van der Waals surface area (Å²) in [4.78, 5) is 10.8. The molecule has 0 fully saturated rings. The number of hydrogen-bond acceptors (Lipinski definition) is 1. The van der Waals surface area contributed by atoms with Crippen LogP contribution in [0.1, 0.15) is 5.56 Å². The van der Waals surface area contributed by atoms with Gasteiger partial charge in [0.15, 0.2) is 0 Å². The summed E-state index contributed by atoms with van der Waals surface area (Å²) in [6, 6.07) is 5.49. The molecule has 0 aromatic heterocycles. The van der Waals surface area contributed by atoms with Gasteiger partial charge in [-0.3, -0.25) is 4.79 Å². The summed E-state index contributed by atoms with van der Waals surface area (Å²) < 4.78 is 1.01. The molecule has 2 nitrogen and oxygen atoms in total. The molecule has 0 unspecified atom stereocenters. The van der Waals surface area contributed by atoms with Crippen LogP contribution in [-0.2, 0) is 4.79 Å². The van der Waals surface area contributed by atoms with Crippen LogP contribution < -0.4 is 5.32 Å². The zero-order valence-electron chi connectivity index (χ0n) is 7.10. The quantitative estimate of drug-likeness (QED) is 0.747. The zero-order chi connectivity index (χ0) is 9.84. The average molecular weight is 238 g/mol. The molecule has 0 saturated heterocycles. The van der Waals surface area contributed by atoms with Crippen LogP contribution in [0.3, 0.4) is 0 Å². The summed E-state index contributed by atoms with van der Waals surface area (Å²) in [6.45, 7) is 1.94. The average Bonchev–Trinajstić information content (AvgIpc) is 2.11. The molecular weight excluding hydrogens is 230 g/mol. The van der Waals surface area contributed by atoms with E-state index in [0.29, 0.717) is 5.69 Å². The Bertz CT molecular complexity index is 379. The first-order valence-electron chi connectivity index (χ1n) is 3.67. The van der Waals surface area contributed by atoms with Crippen LogP contribution in [0, 0.1) is 19.3 Å². The van der Waals surface area contributed by atoms with Crippen LogP contribution in [0.5, 0.6) is 0 Å². The highest BCUT2D eigenvalue weighted by Crippen LogP contribution is 2.19. The third-order valence-electron chi connectivity index (χ3n) is 1.55. The molecule has 3 heteroatoms. The highest BCUT2D eigenvalue weighted by atomic mass is 79.9. The van der Waals surface area contributed by atoms with Gasteiger partial charge in [-0.15, -0.1) is 6.42 Å². The molecule has 1 aromatic carbocycles. The van der Waals surface area contributed by atoms with Crippen molar-refractivity contribution < 1.29 is 4.79 Å². The first-order chi connectivity index (χ1) is 6.13. The number of rotatable bonds is 1. The van der Waals surface area contributed by atoms with E-state index in [-0.39, 0.29) is 0 Å². The van der Waals surface area contributed by atoms with Gasteiger partial charge in [-0.25, -0.2) is 0 Å². The second-order valence-electron chi connectivity index (χ2n) is 2.56. The molecule has 0 atom stereocenters. The summed E-state index contributed by atoms with van der Waals surface area (Å²) in [7, 11) is 0. The smallest absolute Gasteiger partial charge is 0.300 e. The van der Waals surface area contributed by atoms with Crippen molar-refractivity contribution in [3.8, 4) is 12.3 Å². The number of anilines is 1. The van der Waals surface area contributed by atoms with Gasteiger partial charge in [0.2, 0.25) is 0 Å². The van der Waals surface area contributed by atoms with Crippen molar-refractivity contribution in [1.82, 2.24) is 0 Å². The van der Waals surface area contributed by atoms with Gasteiger partial charge in [0.05, 0.1) is 0 Å². The molecule has 0 saturated carbocycles. The lowest BCUT2D eigenvalue weighted by molar-refractivity contribution is -0.111. The number of terminal acetylenes is 1. The highest BCUT2D eigenvalue weighted by molar-refractivity contribution is 9.10. The Labute approximate surface area is 85.5 Å². The molecule has 0 spiro atoms. The number of aryl methyl sites for hydroxylation is 1. The summed E-state index contributed by atoms with van der Waals surface area (Å²) >= 11 is 3.36. The van der Waals surface area contributed by atoms with Gasteiger partial charge < -0.3 is 5.32 Å². The van der Waals surface area contributed by atoms with Crippen molar-refractivity contribution in [2.75, 3.05) is 5.32 Å². The van der Waals surface area contributed by atoms with Crippen LogP contribution in [-0.4, -0.2) is 5.91 Å².